The smallest absolute Gasteiger partial charge is 0.137 e. The molecule has 0 saturated carbocycles. The van der Waals surface area contributed by atoms with Crippen molar-refractivity contribution in [1.29, 1.82) is 10.5 Å². The number of aromatic nitrogens is 2. The van der Waals surface area contributed by atoms with Gasteiger partial charge in [-0.05, 0) is 23.3 Å². The Kier molecular flexibility index (Phi) is 2.07. The van der Waals surface area contributed by atoms with Gasteiger partial charge in [0, 0.05) is 13.0 Å². The van der Waals surface area contributed by atoms with E-state index in [0.717, 1.165) is 29.8 Å². The largest absolute Gasteiger partial charge is 0.359 e. The van der Waals surface area contributed by atoms with Gasteiger partial charge in [-0.15, -0.1) is 0 Å². The summed E-state index contributed by atoms with van der Waals surface area (Å²) in [4.78, 5) is 4.18. The minimum Gasteiger partial charge on any atom is -0.359 e. The molecule has 1 aromatic carbocycles. The third-order valence-corrected chi connectivity index (χ3v) is 4.22. The minimum absolute atomic E-state index is 0.411. The molecule has 0 saturated heterocycles. The summed E-state index contributed by atoms with van der Waals surface area (Å²) in [6.07, 6.45) is 4.47. The number of nitrogens with zero attached hydrogens (tertiary/aromatic N) is 4. The number of imidazole rings is 1. The highest BCUT2D eigenvalue weighted by Crippen LogP contribution is 2.48. The van der Waals surface area contributed by atoms with Gasteiger partial charge >= 0.3 is 0 Å². The van der Waals surface area contributed by atoms with Crippen LogP contribution in [0.3, 0.4) is 0 Å². The van der Waals surface area contributed by atoms with E-state index in [1.54, 1.807) is 12.4 Å². The summed E-state index contributed by atoms with van der Waals surface area (Å²) in [5.41, 5.74) is 3.37. The van der Waals surface area contributed by atoms with E-state index in [0.29, 0.717) is 17.7 Å². The van der Waals surface area contributed by atoms with Gasteiger partial charge in [0.1, 0.15) is 17.7 Å². The molecule has 0 fully saturated rings. The Morgan fingerprint density at radius 2 is 2.05 bits per heavy atom. The summed E-state index contributed by atoms with van der Waals surface area (Å²) in [6, 6.07) is 7.76. The maximum absolute atomic E-state index is 9.21. The summed E-state index contributed by atoms with van der Waals surface area (Å²) in [5, 5.41) is 18.3. The molecule has 4 rings (SSSR count). The molecule has 2 aliphatic rings. The fraction of sp³-hybridized carbons (Fsp3) is 0.267. The van der Waals surface area contributed by atoms with E-state index in [4.69, 9.17) is 10.00 Å². The molecule has 0 N–H and O–H groups in total. The molecule has 20 heavy (non-hydrogen) atoms. The highest BCUT2D eigenvalue weighted by molar-refractivity contribution is 5.55. The molecular weight excluding hydrogens is 252 g/mol. The molecule has 5 nitrogen and oxygen atoms in total. The SMILES string of the molecule is N#Cc1cc2c(cc1C#N)C1(CCn3cncc31)OC2. The number of hydrogen-bond donors (Lipinski definition) is 0. The number of hydrogen-bond acceptors (Lipinski definition) is 4. The Morgan fingerprint density at radius 3 is 2.85 bits per heavy atom. The van der Waals surface area contributed by atoms with Crippen LogP contribution in [0.5, 0.6) is 0 Å². The summed E-state index contributed by atoms with van der Waals surface area (Å²) < 4.78 is 8.16. The van der Waals surface area contributed by atoms with Gasteiger partial charge in [-0.2, -0.15) is 10.5 Å². The molecule has 1 unspecified atom stereocenters. The zero-order valence-corrected chi connectivity index (χ0v) is 10.6. The first-order valence-corrected chi connectivity index (χ1v) is 6.40. The lowest BCUT2D eigenvalue weighted by atomic mass is 9.86. The molecule has 1 aromatic heterocycles. The number of aryl methyl sites for hydroxylation is 1. The van der Waals surface area contributed by atoms with Gasteiger partial charge in [0.15, 0.2) is 0 Å². The van der Waals surface area contributed by atoms with Gasteiger partial charge in [-0.1, -0.05) is 0 Å². The Balaban J connectivity index is 1.97. The van der Waals surface area contributed by atoms with Crippen LogP contribution in [-0.4, -0.2) is 9.55 Å². The first-order valence-electron chi connectivity index (χ1n) is 6.40. The second-order valence-corrected chi connectivity index (χ2v) is 5.12. The van der Waals surface area contributed by atoms with Gasteiger partial charge in [0.25, 0.3) is 0 Å². The van der Waals surface area contributed by atoms with Crippen molar-refractivity contribution in [2.75, 3.05) is 0 Å². The van der Waals surface area contributed by atoms with Crippen LogP contribution in [-0.2, 0) is 23.5 Å². The molecule has 0 aliphatic carbocycles. The molecule has 0 amide bonds. The second kappa shape index (κ2) is 3.69. The average Bonchev–Trinajstić information content (AvgIpc) is 3.16. The minimum atomic E-state index is -0.495. The van der Waals surface area contributed by atoms with Crippen molar-refractivity contribution in [3.63, 3.8) is 0 Å². The first-order chi connectivity index (χ1) is 9.78. The van der Waals surface area contributed by atoms with Crippen molar-refractivity contribution < 1.29 is 4.74 Å². The van der Waals surface area contributed by atoms with E-state index in [1.165, 1.54) is 0 Å². The third-order valence-electron chi connectivity index (χ3n) is 4.22. The van der Waals surface area contributed by atoms with E-state index in [2.05, 4.69) is 21.7 Å². The highest BCUT2D eigenvalue weighted by atomic mass is 16.5. The maximum atomic E-state index is 9.21. The molecule has 2 aromatic rings. The van der Waals surface area contributed by atoms with Gasteiger partial charge in [0.05, 0.1) is 36.0 Å². The van der Waals surface area contributed by atoms with E-state index < -0.39 is 5.60 Å². The number of ether oxygens (including phenoxy) is 1. The van der Waals surface area contributed by atoms with Gasteiger partial charge in [-0.3, -0.25) is 0 Å². The van der Waals surface area contributed by atoms with Gasteiger partial charge in [0.2, 0.25) is 0 Å². The van der Waals surface area contributed by atoms with Crippen LogP contribution in [0.15, 0.2) is 24.7 Å². The van der Waals surface area contributed by atoms with Crippen molar-refractivity contribution in [1.82, 2.24) is 9.55 Å². The molecule has 1 spiro atoms. The van der Waals surface area contributed by atoms with Crippen molar-refractivity contribution in [2.24, 2.45) is 0 Å². The molecule has 2 aliphatic heterocycles. The Labute approximate surface area is 115 Å². The van der Waals surface area contributed by atoms with Crippen molar-refractivity contribution in [2.45, 2.75) is 25.2 Å². The molecule has 3 heterocycles. The van der Waals surface area contributed by atoms with Crippen molar-refractivity contribution >= 4 is 0 Å². The topological polar surface area (TPSA) is 74.6 Å². The van der Waals surface area contributed by atoms with E-state index in [1.807, 2.05) is 12.3 Å². The predicted molar refractivity (Wildman–Crippen MR) is 68.3 cm³/mol. The van der Waals surface area contributed by atoms with E-state index in [9.17, 15) is 5.26 Å². The van der Waals surface area contributed by atoms with Crippen molar-refractivity contribution in [3.8, 4) is 12.1 Å². The summed E-state index contributed by atoms with van der Waals surface area (Å²) in [7, 11) is 0. The fourth-order valence-corrected chi connectivity index (χ4v) is 3.26. The number of benzene rings is 1. The van der Waals surface area contributed by atoms with Gasteiger partial charge < -0.3 is 9.30 Å². The quantitative estimate of drug-likeness (QED) is 0.725. The lowest BCUT2D eigenvalue weighted by Gasteiger charge is -2.23. The molecule has 5 heteroatoms. The Bertz CT molecular complexity index is 808. The second-order valence-electron chi connectivity index (χ2n) is 5.12. The van der Waals surface area contributed by atoms with Crippen LogP contribution in [0.1, 0.15) is 34.4 Å². The number of nitriles is 2. The summed E-state index contributed by atoms with van der Waals surface area (Å²) in [5.74, 6) is 0. The summed E-state index contributed by atoms with van der Waals surface area (Å²) >= 11 is 0. The zero-order valence-electron chi connectivity index (χ0n) is 10.6. The number of rotatable bonds is 0. The monoisotopic (exact) mass is 262 g/mol. The Morgan fingerprint density at radius 1 is 1.25 bits per heavy atom. The molecule has 0 bridgehead atoms. The van der Waals surface area contributed by atoms with Crippen LogP contribution in [0.4, 0.5) is 0 Å². The van der Waals surface area contributed by atoms with E-state index >= 15 is 0 Å². The van der Waals surface area contributed by atoms with Gasteiger partial charge in [-0.25, -0.2) is 4.98 Å². The van der Waals surface area contributed by atoms with Crippen LogP contribution < -0.4 is 0 Å². The first kappa shape index (κ1) is 11.2. The lowest BCUT2D eigenvalue weighted by Crippen LogP contribution is -2.23. The maximum Gasteiger partial charge on any atom is 0.137 e. The lowest BCUT2D eigenvalue weighted by molar-refractivity contribution is -0.00387. The third kappa shape index (κ3) is 1.20. The zero-order chi connectivity index (χ0) is 13.7. The van der Waals surface area contributed by atoms with Crippen LogP contribution >= 0.6 is 0 Å². The Hall–Kier alpha value is -2.63. The molecule has 96 valence electrons. The van der Waals surface area contributed by atoms with E-state index in [-0.39, 0.29) is 0 Å². The molecule has 0 radical (unpaired) electrons. The highest BCUT2D eigenvalue weighted by Gasteiger charge is 2.47. The summed E-state index contributed by atoms with van der Waals surface area (Å²) in [6.45, 7) is 1.33. The fourth-order valence-electron chi connectivity index (χ4n) is 3.26. The van der Waals surface area contributed by atoms with Crippen molar-refractivity contribution in [3.05, 3.63) is 52.6 Å². The number of fused-ring (bicyclic) bond motifs is 4. The average molecular weight is 262 g/mol. The van der Waals surface area contributed by atoms with Crippen LogP contribution in [0.25, 0.3) is 0 Å². The molecular formula is C15H10N4O. The standard InChI is InChI=1S/C15H10N4O/c16-5-10-3-12-8-20-15(13(12)4-11(10)6-17)1-2-19-9-18-7-14(15)19/h3-4,7,9H,1-2,8H2. The predicted octanol–water partition coefficient (Wildman–Crippen LogP) is 1.80. The van der Waals surface area contributed by atoms with Crippen LogP contribution in [0, 0.1) is 22.7 Å². The van der Waals surface area contributed by atoms with Crippen LogP contribution in [0.2, 0.25) is 0 Å². The normalized spacial score (nSPS) is 22.3. The molecule has 1 atom stereocenters.